The first kappa shape index (κ1) is 19.1. The first-order chi connectivity index (χ1) is 11.8. The highest BCUT2D eigenvalue weighted by atomic mass is 16.3. The predicted molar refractivity (Wildman–Crippen MR) is 104 cm³/mol. The number of aliphatic hydroxyl groups is 1. The molecule has 0 aromatic heterocycles. The first-order valence-electron chi connectivity index (χ1n) is 8.85. The predicted octanol–water partition coefficient (Wildman–Crippen LogP) is 5.14. The maximum absolute atomic E-state index is 9.72. The van der Waals surface area contributed by atoms with Crippen LogP contribution in [0.2, 0.25) is 0 Å². The van der Waals surface area contributed by atoms with Crippen LogP contribution < -0.4 is 0 Å². The third-order valence-corrected chi connectivity index (χ3v) is 4.17. The molecule has 0 aliphatic rings. The number of hydrogen-bond acceptors (Lipinski definition) is 3. The second kappa shape index (κ2) is 8.72. The topological polar surface area (TPSA) is 60.7 Å². The number of rotatable bonds is 8. The van der Waals surface area contributed by atoms with Gasteiger partial charge in [0.2, 0.25) is 0 Å². The van der Waals surface area contributed by atoms with Crippen molar-refractivity contribution in [2.45, 2.75) is 51.6 Å². The summed E-state index contributed by atoms with van der Waals surface area (Å²) in [5, 5.41) is 28.6. The van der Waals surface area contributed by atoms with Crippen LogP contribution >= 0.6 is 0 Å². The molecule has 0 heterocycles. The number of aromatic hydroxyl groups is 2. The van der Waals surface area contributed by atoms with Gasteiger partial charge in [0.05, 0.1) is 5.60 Å². The Hall–Kier alpha value is -2.26. The van der Waals surface area contributed by atoms with E-state index in [4.69, 9.17) is 0 Å². The van der Waals surface area contributed by atoms with Crippen LogP contribution in [0.4, 0.5) is 0 Å². The zero-order chi connectivity index (χ0) is 18.3. The molecule has 0 aliphatic carbocycles. The Balaban J connectivity index is 1.88. The quantitative estimate of drug-likeness (QED) is 0.354. The van der Waals surface area contributed by atoms with Gasteiger partial charge in [-0.05, 0) is 61.9 Å². The number of benzene rings is 2. The summed E-state index contributed by atoms with van der Waals surface area (Å²) in [5.74, 6) is -0.217. The lowest BCUT2D eigenvalue weighted by atomic mass is 9.98. The number of phenolic OH excluding ortho intramolecular Hbond substituents is 2. The van der Waals surface area contributed by atoms with Gasteiger partial charge in [-0.3, -0.25) is 0 Å². The Kier molecular flexibility index (Phi) is 6.65. The van der Waals surface area contributed by atoms with E-state index in [0.717, 1.165) is 43.2 Å². The van der Waals surface area contributed by atoms with E-state index >= 15 is 0 Å². The van der Waals surface area contributed by atoms with Crippen LogP contribution in [0.1, 0.15) is 56.2 Å². The minimum absolute atomic E-state index is 0.108. The van der Waals surface area contributed by atoms with Gasteiger partial charge in [0.1, 0.15) is 0 Å². The second-order valence-corrected chi connectivity index (χ2v) is 7.20. The maximum atomic E-state index is 9.72. The normalized spacial score (nSPS) is 12.0. The van der Waals surface area contributed by atoms with Gasteiger partial charge in [0.25, 0.3) is 0 Å². The maximum Gasteiger partial charge on any atom is 0.157 e. The molecule has 0 spiro atoms. The zero-order valence-corrected chi connectivity index (χ0v) is 15.1. The monoisotopic (exact) mass is 340 g/mol. The van der Waals surface area contributed by atoms with Gasteiger partial charge in [-0.15, -0.1) is 0 Å². The molecule has 0 saturated heterocycles. The van der Waals surface area contributed by atoms with Crippen LogP contribution in [-0.4, -0.2) is 20.9 Å². The number of aryl methyl sites for hydroxylation is 1. The van der Waals surface area contributed by atoms with Crippen LogP contribution in [-0.2, 0) is 6.42 Å². The molecular formula is C22H28O3. The Morgan fingerprint density at radius 1 is 0.840 bits per heavy atom. The van der Waals surface area contributed by atoms with Gasteiger partial charge in [0.15, 0.2) is 11.5 Å². The molecule has 0 bridgehead atoms. The minimum atomic E-state index is -0.562. The Morgan fingerprint density at radius 2 is 1.56 bits per heavy atom. The SMILES string of the molecule is CC(C)(O)CCCCCc1cccc(/C=C/c2ccc(O)c(O)c2)c1. The number of phenols is 2. The van der Waals surface area contributed by atoms with Crippen LogP contribution in [0.25, 0.3) is 12.2 Å². The van der Waals surface area contributed by atoms with Crippen LogP contribution in [0.3, 0.4) is 0 Å². The third-order valence-electron chi connectivity index (χ3n) is 4.17. The van der Waals surface area contributed by atoms with Crippen molar-refractivity contribution in [2.75, 3.05) is 0 Å². The summed E-state index contributed by atoms with van der Waals surface area (Å²) in [6.07, 6.45) is 9.09. The molecule has 0 saturated carbocycles. The molecule has 0 atom stereocenters. The fourth-order valence-electron chi connectivity index (χ4n) is 2.75. The van der Waals surface area contributed by atoms with Crippen molar-refractivity contribution in [3.63, 3.8) is 0 Å². The highest BCUT2D eigenvalue weighted by Crippen LogP contribution is 2.25. The average Bonchev–Trinajstić information content (AvgIpc) is 2.55. The van der Waals surface area contributed by atoms with Crippen LogP contribution in [0.15, 0.2) is 42.5 Å². The molecule has 0 fully saturated rings. The number of unbranched alkanes of at least 4 members (excludes halogenated alkanes) is 2. The molecule has 2 rings (SSSR count). The highest BCUT2D eigenvalue weighted by molar-refractivity contribution is 5.71. The molecular weight excluding hydrogens is 312 g/mol. The van der Waals surface area contributed by atoms with Gasteiger partial charge >= 0.3 is 0 Å². The van der Waals surface area contributed by atoms with Crippen LogP contribution in [0.5, 0.6) is 11.5 Å². The molecule has 0 unspecified atom stereocenters. The zero-order valence-electron chi connectivity index (χ0n) is 15.1. The van der Waals surface area contributed by atoms with Gasteiger partial charge in [-0.2, -0.15) is 0 Å². The molecule has 2 aromatic rings. The summed E-state index contributed by atoms with van der Waals surface area (Å²) in [6, 6.07) is 13.2. The molecule has 0 aliphatic heterocycles. The van der Waals surface area contributed by atoms with Gasteiger partial charge in [-0.25, -0.2) is 0 Å². The summed E-state index contributed by atoms with van der Waals surface area (Å²) in [4.78, 5) is 0. The van der Waals surface area contributed by atoms with Gasteiger partial charge in [0, 0.05) is 0 Å². The molecule has 3 heteroatoms. The fraction of sp³-hybridized carbons (Fsp3) is 0.364. The minimum Gasteiger partial charge on any atom is -0.504 e. The summed E-state index contributed by atoms with van der Waals surface area (Å²) >= 11 is 0. The van der Waals surface area contributed by atoms with E-state index in [1.165, 1.54) is 11.6 Å². The molecule has 2 aromatic carbocycles. The lowest BCUT2D eigenvalue weighted by Gasteiger charge is -2.16. The smallest absolute Gasteiger partial charge is 0.157 e. The largest absolute Gasteiger partial charge is 0.504 e. The molecule has 25 heavy (non-hydrogen) atoms. The molecule has 3 nitrogen and oxygen atoms in total. The summed E-state index contributed by atoms with van der Waals surface area (Å²) in [7, 11) is 0. The van der Waals surface area contributed by atoms with Crippen molar-refractivity contribution in [2.24, 2.45) is 0 Å². The Bertz CT molecular complexity index is 711. The fourth-order valence-corrected chi connectivity index (χ4v) is 2.75. The standard InChI is InChI=1S/C22H28O3/c1-22(2,25)14-5-3-4-7-17-8-6-9-18(15-17)10-11-19-12-13-20(23)21(24)16-19/h6,8-13,15-16,23-25H,3-5,7,14H2,1-2H3/b11-10+. The van der Waals surface area contributed by atoms with E-state index in [2.05, 4.69) is 24.3 Å². The molecule has 134 valence electrons. The molecule has 3 N–H and O–H groups in total. The van der Waals surface area contributed by atoms with Crippen molar-refractivity contribution in [1.29, 1.82) is 0 Å². The van der Waals surface area contributed by atoms with E-state index in [-0.39, 0.29) is 11.5 Å². The summed E-state index contributed by atoms with van der Waals surface area (Å²) in [5.41, 5.74) is 2.70. The van der Waals surface area contributed by atoms with Crippen molar-refractivity contribution in [1.82, 2.24) is 0 Å². The second-order valence-electron chi connectivity index (χ2n) is 7.20. The van der Waals surface area contributed by atoms with E-state index in [1.807, 2.05) is 26.0 Å². The lowest BCUT2D eigenvalue weighted by molar-refractivity contribution is 0.0681. The van der Waals surface area contributed by atoms with Crippen LogP contribution in [0, 0.1) is 0 Å². The summed E-state index contributed by atoms with van der Waals surface area (Å²) in [6.45, 7) is 3.72. The van der Waals surface area contributed by atoms with Crippen molar-refractivity contribution in [3.8, 4) is 11.5 Å². The van der Waals surface area contributed by atoms with E-state index < -0.39 is 5.60 Å². The van der Waals surface area contributed by atoms with Gasteiger partial charge in [-0.1, -0.05) is 55.3 Å². The Morgan fingerprint density at radius 3 is 2.24 bits per heavy atom. The average molecular weight is 340 g/mol. The summed E-state index contributed by atoms with van der Waals surface area (Å²) < 4.78 is 0. The lowest BCUT2D eigenvalue weighted by Crippen LogP contribution is -2.17. The highest BCUT2D eigenvalue weighted by Gasteiger charge is 2.10. The number of hydrogen-bond donors (Lipinski definition) is 3. The van der Waals surface area contributed by atoms with Crippen molar-refractivity contribution in [3.05, 3.63) is 59.2 Å². The third kappa shape index (κ3) is 7.02. The van der Waals surface area contributed by atoms with Crippen molar-refractivity contribution < 1.29 is 15.3 Å². The van der Waals surface area contributed by atoms with E-state index in [0.29, 0.717) is 0 Å². The first-order valence-corrected chi connectivity index (χ1v) is 8.85. The molecule has 0 amide bonds. The van der Waals surface area contributed by atoms with Gasteiger partial charge < -0.3 is 15.3 Å². The molecule has 0 radical (unpaired) electrons. The Labute approximate surface area is 150 Å². The van der Waals surface area contributed by atoms with E-state index in [1.54, 1.807) is 12.1 Å². The van der Waals surface area contributed by atoms with E-state index in [9.17, 15) is 15.3 Å². The van der Waals surface area contributed by atoms with Crippen molar-refractivity contribution >= 4 is 12.2 Å².